The van der Waals surface area contributed by atoms with Crippen LogP contribution in [0.15, 0.2) is 0 Å². The van der Waals surface area contributed by atoms with Crippen molar-refractivity contribution in [2.24, 2.45) is 5.73 Å². The number of nitrogens with two attached hydrogens (primary N) is 1. The summed E-state index contributed by atoms with van der Waals surface area (Å²) in [5.74, 6) is 0. The highest BCUT2D eigenvalue weighted by Crippen LogP contribution is 2.28. The van der Waals surface area contributed by atoms with E-state index in [-0.39, 0.29) is 5.54 Å². The number of hydrogen-bond donors (Lipinski definition) is 1. The Morgan fingerprint density at radius 1 is 1.14 bits per heavy atom. The van der Waals surface area contributed by atoms with Gasteiger partial charge in [-0.1, -0.05) is 0 Å². The second kappa shape index (κ2) is 9.74. The van der Waals surface area contributed by atoms with Gasteiger partial charge in [0.15, 0.2) is 0 Å². The number of rotatable bonds is 11. The number of likely N-dealkylation sites (tertiary alicyclic amines) is 1. The van der Waals surface area contributed by atoms with E-state index < -0.39 is 0 Å². The Morgan fingerprint density at radius 3 is 2.10 bits per heavy atom. The maximum atomic E-state index is 6.19. The van der Waals surface area contributed by atoms with E-state index in [0.717, 1.165) is 59.0 Å². The molecule has 0 aromatic rings. The lowest BCUT2D eigenvalue weighted by Gasteiger charge is -2.41. The number of ether oxygens (including phenoxy) is 2. The van der Waals surface area contributed by atoms with Crippen molar-refractivity contribution < 1.29 is 9.47 Å². The Balaban J connectivity index is 2.67. The van der Waals surface area contributed by atoms with Gasteiger partial charge in [0.1, 0.15) is 0 Å². The SMILES string of the molecule is CCOCCN(CCOCC)C1(CN)CCN(C(C)C)C1. The molecule has 0 spiro atoms. The van der Waals surface area contributed by atoms with E-state index in [9.17, 15) is 0 Å². The standard InChI is InChI=1S/C16H35N3O2/c1-5-20-11-9-19(10-12-21-6-2)16(13-17)7-8-18(14-16)15(3)4/h15H,5-14,17H2,1-4H3. The lowest BCUT2D eigenvalue weighted by Crippen LogP contribution is -2.57. The van der Waals surface area contributed by atoms with Crippen LogP contribution in [0, 0.1) is 0 Å². The summed E-state index contributed by atoms with van der Waals surface area (Å²) >= 11 is 0. The largest absolute Gasteiger partial charge is 0.380 e. The quantitative estimate of drug-likeness (QED) is 0.581. The molecule has 0 saturated carbocycles. The van der Waals surface area contributed by atoms with E-state index in [2.05, 4.69) is 23.6 Å². The van der Waals surface area contributed by atoms with Crippen molar-refractivity contribution in [2.75, 3.05) is 59.2 Å². The third kappa shape index (κ3) is 5.49. The summed E-state index contributed by atoms with van der Waals surface area (Å²) in [6.07, 6.45) is 1.14. The zero-order valence-electron chi connectivity index (χ0n) is 14.4. The molecule has 1 aliphatic heterocycles. The van der Waals surface area contributed by atoms with Crippen LogP contribution in [0.3, 0.4) is 0 Å². The number of hydrogen-bond acceptors (Lipinski definition) is 5. The van der Waals surface area contributed by atoms with Crippen LogP contribution in [0.2, 0.25) is 0 Å². The van der Waals surface area contributed by atoms with Gasteiger partial charge in [0, 0.05) is 57.5 Å². The first-order chi connectivity index (χ1) is 10.1. The lowest BCUT2D eigenvalue weighted by atomic mass is 9.96. The van der Waals surface area contributed by atoms with Gasteiger partial charge >= 0.3 is 0 Å². The lowest BCUT2D eigenvalue weighted by molar-refractivity contribution is 0.0246. The predicted octanol–water partition coefficient (Wildman–Crippen LogP) is 1.17. The molecule has 5 nitrogen and oxygen atoms in total. The van der Waals surface area contributed by atoms with Crippen LogP contribution < -0.4 is 5.73 Å². The minimum absolute atomic E-state index is 0.0818. The summed E-state index contributed by atoms with van der Waals surface area (Å²) < 4.78 is 11.1. The van der Waals surface area contributed by atoms with Gasteiger partial charge in [-0.15, -0.1) is 0 Å². The van der Waals surface area contributed by atoms with Crippen molar-refractivity contribution in [2.45, 2.75) is 45.7 Å². The fraction of sp³-hybridized carbons (Fsp3) is 1.00. The fourth-order valence-corrected chi connectivity index (χ4v) is 3.11. The molecule has 0 bridgehead atoms. The summed E-state index contributed by atoms with van der Waals surface area (Å²) in [6.45, 7) is 16.4. The average molecular weight is 301 g/mol. The normalized spacial score (nSPS) is 23.6. The van der Waals surface area contributed by atoms with Crippen molar-refractivity contribution in [3.05, 3.63) is 0 Å². The number of nitrogens with zero attached hydrogens (tertiary/aromatic N) is 2. The van der Waals surface area contributed by atoms with Crippen molar-refractivity contribution in [1.29, 1.82) is 0 Å². The average Bonchev–Trinajstić information content (AvgIpc) is 2.92. The monoisotopic (exact) mass is 301 g/mol. The Bertz CT molecular complexity index is 266. The minimum atomic E-state index is 0.0818. The van der Waals surface area contributed by atoms with Crippen molar-refractivity contribution in [3.8, 4) is 0 Å². The summed E-state index contributed by atoms with van der Waals surface area (Å²) in [5, 5.41) is 0. The molecule has 2 N–H and O–H groups in total. The van der Waals surface area contributed by atoms with Crippen LogP contribution in [0.4, 0.5) is 0 Å². The summed E-state index contributed by atoms with van der Waals surface area (Å²) in [4.78, 5) is 5.03. The smallest absolute Gasteiger partial charge is 0.0593 e. The molecule has 0 radical (unpaired) electrons. The van der Waals surface area contributed by atoms with E-state index in [1.165, 1.54) is 0 Å². The third-order valence-corrected chi connectivity index (χ3v) is 4.56. The molecule has 1 saturated heterocycles. The molecule has 1 rings (SSSR count). The summed E-state index contributed by atoms with van der Waals surface area (Å²) in [6, 6.07) is 0.582. The third-order valence-electron chi connectivity index (χ3n) is 4.56. The van der Waals surface area contributed by atoms with Crippen LogP contribution in [0.5, 0.6) is 0 Å². The maximum Gasteiger partial charge on any atom is 0.0593 e. The minimum Gasteiger partial charge on any atom is -0.380 e. The van der Waals surface area contributed by atoms with Crippen LogP contribution in [-0.4, -0.2) is 80.5 Å². The molecular weight excluding hydrogens is 266 g/mol. The first-order valence-corrected chi connectivity index (χ1v) is 8.44. The molecule has 1 fully saturated rings. The zero-order valence-corrected chi connectivity index (χ0v) is 14.4. The van der Waals surface area contributed by atoms with Crippen molar-refractivity contribution in [3.63, 3.8) is 0 Å². The van der Waals surface area contributed by atoms with Crippen molar-refractivity contribution >= 4 is 0 Å². The van der Waals surface area contributed by atoms with E-state index in [4.69, 9.17) is 15.2 Å². The molecule has 1 unspecified atom stereocenters. The Kier molecular flexibility index (Phi) is 8.74. The summed E-state index contributed by atoms with van der Waals surface area (Å²) in [5.41, 5.74) is 6.27. The molecule has 5 heteroatoms. The first-order valence-electron chi connectivity index (χ1n) is 8.44. The van der Waals surface area contributed by atoms with Gasteiger partial charge in [-0.05, 0) is 34.1 Å². The molecule has 0 aliphatic carbocycles. The molecule has 0 aromatic carbocycles. The zero-order chi connectivity index (χ0) is 15.7. The molecule has 21 heavy (non-hydrogen) atoms. The summed E-state index contributed by atoms with van der Waals surface area (Å²) in [7, 11) is 0. The highest BCUT2D eigenvalue weighted by Gasteiger charge is 2.42. The second-order valence-electron chi connectivity index (χ2n) is 6.12. The van der Waals surface area contributed by atoms with Gasteiger partial charge < -0.3 is 15.2 Å². The second-order valence-corrected chi connectivity index (χ2v) is 6.12. The van der Waals surface area contributed by atoms with E-state index in [0.29, 0.717) is 12.6 Å². The van der Waals surface area contributed by atoms with E-state index in [1.54, 1.807) is 0 Å². The van der Waals surface area contributed by atoms with Gasteiger partial charge in [-0.2, -0.15) is 0 Å². The Labute approximate surface area is 130 Å². The molecule has 1 atom stereocenters. The highest BCUT2D eigenvalue weighted by molar-refractivity contribution is 5.00. The van der Waals surface area contributed by atoms with E-state index in [1.807, 2.05) is 13.8 Å². The maximum absolute atomic E-state index is 6.19. The molecule has 1 aliphatic rings. The van der Waals surface area contributed by atoms with Gasteiger partial charge in [0.25, 0.3) is 0 Å². The topological polar surface area (TPSA) is 51.0 Å². The molecule has 0 amide bonds. The van der Waals surface area contributed by atoms with Crippen LogP contribution >= 0.6 is 0 Å². The van der Waals surface area contributed by atoms with Gasteiger partial charge in [0.2, 0.25) is 0 Å². The van der Waals surface area contributed by atoms with E-state index >= 15 is 0 Å². The molecular formula is C16H35N3O2. The highest BCUT2D eigenvalue weighted by atomic mass is 16.5. The van der Waals surface area contributed by atoms with Gasteiger partial charge in [0.05, 0.1) is 13.2 Å². The molecule has 126 valence electrons. The molecule has 1 heterocycles. The van der Waals surface area contributed by atoms with Crippen LogP contribution in [-0.2, 0) is 9.47 Å². The van der Waals surface area contributed by atoms with Gasteiger partial charge in [-0.25, -0.2) is 0 Å². The Morgan fingerprint density at radius 2 is 1.71 bits per heavy atom. The predicted molar refractivity (Wildman–Crippen MR) is 87.7 cm³/mol. The molecule has 0 aromatic heterocycles. The van der Waals surface area contributed by atoms with Gasteiger partial charge in [-0.3, -0.25) is 9.80 Å². The van der Waals surface area contributed by atoms with Crippen LogP contribution in [0.1, 0.15) is 34.1 Å². The Hall–Kier alpha value is -0.200. The first kappa shape index (κ1) is 18.8. The van der Waals surface area contributed by atoms with Crippen LogP contribution in [0.25, 0.3) is 0 Å². The fourth-order valence-electron chi connectivity index (χ4n) is 3.11. The van der Waals surface area contributed by atoms with Crippen molar-refractivity contribution in [1.82, 2.24) is 9.80 Å².